The van der Waals surface area contributed by atoms with E-state index in [1.807, 2.05) is 24.3 Å². The van der Waals surface area contributed by atoms with Crippen molar-refractivity contribution in [3.8, 4) is 12.3 Å². The predicted octanol–water partition coefficient (Wildman–Crippen LogP) is 1.16. The first-order valence-corrected chi connectivity index (χ1v) is 12.7. The Balaban J connectivity index is 1.31. The van der Waals surface area contributed by atoms with Gasteiger partial charge in [-0.2, -0.15) is 0 Å². The van der Waals surface area contributed by atoms with Crippen LogP contribution in [0.1, 0.15) is 36.0 Å². The second-order valence-corrected chi connectivity index (χ2v) is 10.3. The van der Waals surface area contributed by atoms with Gasteiger partial charge in [0.25, 0.3) is 5.91 Å². The Morgan fingerprint density at radius 2 is 1.80 bits per heavy atom. The number of benzene rings is 1. The lowest BCUT2D eigenvalue weighted by Crippen LogP contribution is -2.54. The van der Waals surface area contributed by atoms with Crippen molar-refractivity contribution in [1.82, 2.24) is 15.1 Å². The highest BCUT2D eigenvalue weighted by Crippen LogP contribution is 2.35. The maximum atomic E-state index is 13.8. The zero-order valence-corrected chi connectivity index (χ0v) is 20.3. The molecule has 35 heavy (non-hydrogen) atoms. The molecule has 2 amide bonds. The summed E-state index contributed by atoms with van der Waals surface area (Å²) in [5.41, 5.74) is 1.63. The van der Waals surface area contributed by atoms with Gasteiger partial charge in [0.1, 0.15) is 24.8 Å². The van der Waals surface area contributed by atoms with E-state index in [0.717, 1.165) is 57.5 Å². The first-order valence-electron chi connectivity index (χ1n) is 12.7. The molecule has 1 aromatic rings. The van der Waals surface area contributed by atoms with E-state index in [1.54, 1.807) is 4.90 Å². The van der Waals surface area contributed by atoms with Gasteiger partial charge in [0, 0.05) is 44.0 Å². The molecule has 1 aliphatic carbocycles. The Kier molecular flexibility index (Phi) is 6.81. The Bertz CT molecular complexity index is 1010. The molecule has 4 atom stereocenters. The Morgan fingerprint density at radius 1 is 1.11 bits per heavy atom. The molecule has 3 aliphatic heterocycles. The molecule has 1 N–H and O–H groups in total. The fourth-order valence-corrected chi connectivity index (χ4v) is 5.99. The standard InChI is InChI=1S/C27H34N4O4/c1-3-18-16-31(24-22(32)17-35-25(18)24)27(34)23(19-6-4-5-7-19)28-26(33)20-8-10-21(11-9-20)30-14-12-29(2)13-15-30/h1,8-11,18-19,23-25H,4-7,12-17H2,2H3,(H,28,33)/t18?,23-,24?,25?/m0/s1. The summed E-state index contributed by atoms with van der Waals surface area (Å²) in [7, 11) is 2.12. The molecule has 8 nitrogen and oxygen atoms in total. The maximum absolute atomic E-state index is 13.8. The number of ether oxygens (including phenoxy) is 1. The fourth-order valence-electron chi connectivity index (χ4n) is 5.99. The van der Waals surface area contributed by atoms with Crippen LogP contribution in [0.15, 0.2) is 24.3 Å². The fraction of sp³-hybridized carbons (Fsp3) is 0.593. The predicted molar refractivity (Wildman–Crippen MR) is 132 cm³/mol. The number of terminal acetylenes is 1. The van der Waals surface area contributed by atoms with Crippen LogP contribution in [0.5, 0.6) is 0 Å². The number of likely N-dealkylation sites (N-methyl/N-ethyl adjacent to an activating group) is 1. The van der Waals surface area contributed by atoms with Gasteiger partial charge in [0.05, 0.1) is 5.92 Å². The topological polar surface area (TPSA) is 82.2 Å². The molecule has 0 bridgehead atoms. The Morgan fingerprint density at radius 3 is 2.46 bits per heavy atom. The van der Waals surface area contributed by atoms with E-state index >= 15 is 0 Å². The lowest BCUT2D eigenvalue weighted by atomic mass is 9.95. The molecule has 0 aromatic heterocycles. The van der Waals surface area contributed by atoms with Gasteiger partial charge in [-0.3, -0.25) is 14.4 Å². The number of Topliss-reactive ketones (excluding diaryl/α,β-unsaturated/α-hetero) is 1. The van der Waals surface area contributed by atoms with Crippen LogP contribution in [0, 0.1) is 24.2 Å². The lowest BCUT2D eigenvalue weighted by Gasteiger charge is -2.34. The van der Waals surface area contributed by atoms with Gasteiger partial charge in [0.2, 0.25) is 5.91 Å². The van der Waals surface area contributed by atoms with Crippen molar-refractivity contribution in [2.24, 2.45) is 11.8 Å². The van der Waals surface area contributed by atoms with Crippen LogP contribution in [0.3, 0.4) is 0 Å². The van der Waals surface area contributed by atoms with Crippen LogP contribution in [-0.2, 0) is 14.3 Å². The van der Waals surface area contributed by atoms with Gasteiger partial charge < -0.3 is 24.8 Å². The number of rotatable bonds is 5. The van der Waals surface area contributed by atoms with E-state index in [2.05, 4.69) is 28.1 Å². The first-order chi connectivity index (χ1) is 17.0. The van der Waals surface area contributed by atoms with E-state index in [9.17, 15) is 14.4 Å². The van der Waals surface area contributed by atoms with Crippen molar-refractivity contribution in [3.05, 3.63) is 29.8 Å². The van der Waals surface area contributed by atoms with Gasteiger partial charge >= 0.3 is 0 Å². The summed E-state index contributed by atoms with van der Waals surface area (Å²) >= 11 is 0. The van der Waals surface area contributed by atoms with Crippen molar-refractivity contribution < 1.29 is 19.1 Å². The second kappa shape index (κ2) is 10.00. The number of nitrogens with zero attached hydrogens (tertiary/aromatic N) is 3. The Labute approximate surface area is 206 Å². The average Bonchev–Trinajstić information content (AvgIpc) is 3.62. The molecule has 3 unspecified atom stereocenters. The van der Waals surface area contributed by atoms with Crippen LogP contribution < -0.4 is 10.2 Å². The van der Waals surface area contributed by atoms with E-state index in [4.69, 9.17) is 11.2 Å². The number of carbonyl (C=O) groups excluding carboxylic acids is 3. The van der Waals surface area contributed by atoms with Crippen LogP contribution in [0.25, 0.3) is 0 Å². The van der Waals surface area contributed by atoms with Crippen molar-refractivity contribution in [2.75, 3.05) is 51.3 Å². The van der Waals surface area contributed by atoms with Crippen molar-refractivity contribution in [3.63, 3.8) is 0 Å². The highest BCUT2D eigenvalue weighted by Gasteiger charge is 2.53. The van der Waals surface area contributed by atoms with Gasteiger partial charge in [0.15, 0.2) is 5.78 Å². The normalized spacial score (nSPS) is 28.1. The van der Waals surface area contributed by atoms with Crippen molar-refractivity contribution in [1.29, 1.82) is 0 Å². The molecular weight excluding hydrogens is 444 g/mol. The molecule has 1 aromatic carbocycles. The number of fused-ring (bicyclic) bond motifs is 1. The summed E-state index contributed by atoms with van der Waals surface area (Å²) in [5, 5.41) is 3.03. The number of piperazine rings is 1. The van der Waals surface area contributed by atoms with E-state index < -0.39 is 18.2 Å². The van der Waals surface area contributed by atoms with Crippen LogP contribution >= 0.6 is 0 Å². The summed E-state index contributed by atoms with van der Waals surface area (Å²) in [6.07, 6.45) is 9.05. The number of anilines is 1. The van der Waals surface area contributed by atoms with Gasteiger partial charge in [-0.15, -0.1) is 6.42 Å². The number of likely N-dealkylation sites (tertiary alicyclic amines) is 1. The van der Waals surface area contributed by atoms with Gasteiger partial charge in [-0.25, -0.2) is 0 Å². The van der Waals surface area contributed by atoms with Gasteiger partial charge in [-0.1, -0.05) is 18.8 Å². The monoisotopic (exact) mass is 478 g/mol. The number of hydrogen-bond acceptors (Lipinski definition) is 6. The smallest absolute Gasteiger partial charge is 0.251 e. The van der Waals surface area contributed by atoms with Crippen LogP contribution in [0.4, 0.5) is 5.69 Å². The molecule has 0 radical (unpaired) electrons. The summed E-state index contributed by atoms with van der Waals surface area (Å²) in [6, 6.07) is 6.29. The molecule has 1 saturated carbocycles. The molecule has 5 rings (SSSR count). The molecule has 0 spiro atoms. The Hall–Kier alpha value is -2.89. The SMILES string of the molecule is C#CC1CN(C(=O)[C@@H](NC(=O)c2ccc(N3CCN(C)CC3)cc2)C2CCCC2)C2C(=O)COC12. The van der Waals surface area contributed by atoms with E-state index in [0.29, 0.717) is 5.56 Å². The largest absolute Gasteiger partial charge is 0.369 e. The third-order valence-electron chi connectivity index (χ3n) is 8.10. The van der Waals surface area contributed by atoms with Gasteiger partial charge in [-0.05, 0) is 50.1 Å². The maximum Gasteiger partial charge on any atom is 0.251 e. The zero-order chi connectivity index (χ0) is 24.5. The number of ketones is 1. The number of carbonyl (C=O) groups is 3. The lowest BCUT2D eigenvalue weighted by molar-refractivity contribution is -0.139. The minimum atomic E-state index is -0.673. The average molecular weight is 479 g/mol. The number of nitrogens with one attached hydrogen (secondary N) is 1. The highest BCUT2D eigenvalue weighted by atomic mass is 16.5. The summed E-state index contributed by atoms with van der Waals surface area (Å²) in [4.78, 5) is 45.7. The molecule has 4 aliphatic rings. The highest BCUT2D eigenvalue weighted by molar-refractivity contribution is 5.99. The molecule has 186 valence electrons. The molecule has 3 saturated heterocycles. The number of hydrogen-bond donors (Lipinski definition) is 1. The number of amides is 2. The minimum Gasteiger partial charge on any atom is -0.369 e. The molecule has 4 fully saturated rings. The third-order valence-corrected chi connectivity index (χ3v) is 8.10. The molecule has 8 heteroatoms. The molecular formula is C27H34N4O4. The summed E-state index contributed by atoms with van der Waals surface area (Å²) < 4.78 is 5.62. The third kappa shape index (κ3) is 4.67. The van der Waals surface area contributed by atoms with Crippen molar-refractivity contribution in [2.45, 2.75) is 43.9 Å². The zero-order valence-electron chi connectivity index (χ0n) is 20.3. The summed E-state index contributed by atoms with van der Waals surface area (Å²) in [6.45, 7) is 4.21. The van der Waals surface area contributed by atoms with Crippen molar-refractivity contribution >= 4 is 23.3 Å². The van der Waals surface area contributed by atoms with E-state index in [1.165, 1.54) is 0 Å². The first kappa shape index (κ1) is 23.8. The minimum absolute atomic E-state index is 0.0165. The summed E-state index contributed by atoms with van der Waals surface area (Å²) in [5.74, 6) is 1.83. The quantitative estimate of drug-likeness (QED) is 0.640. The second-order valence-electron chi connectivity index (χ2n) is 10.3. The van der Waals surface area contributed by atoms with Crippen LogP contribution in [0.2, 0.25) is 0 Å². The van der Waals surface area contributed by atoms with E-state index in [-0.39, 0.29) is 42.6 Å². The molecule has 3 heterocycles. The van der Waals surface area contributed by atoms with Crippen LogP contribution in [-0.4, -0.2) is 92.0 Å².